The lowest BCUT2D eigenvalue weighted by atomic mass is 10.1. The molecule has 1 heterocycles. The number of halogens is 2. The molecule has 112 valence electrons. The molecule has 0 amide bonds. The zero-order valence-electron chi connectivity index (χ0n) is 12.5. The number of aryl methyl sites for hydroxylation is 1. The van der Waals surface area contributed by atoms with Gasteiger partial charge in [-0.15, -0.1) is 0 Å². The summed E-state index contributed by atoms with van der Waals surface area (Å²) in [5.74, 6) is 2.12. The van der Waals surface area contributed by atoms with E-state index in [0.717, 1.165) is 11.5 Å². The molecule has 2 N–H and O–H groups in total. The zero-order chi connectivity index (χ0) is 15.6. The SMILES string of the molecule is Cc1nc(Nc2ccc(Cl)cc2Cl)cc(NC(C)(C)C)n1. The molecule has 0 aliphatic heterocycles. The van der Waals surface area contributed by atoms with Crippen molar-refractivity contribution in [1.82, 2.24) is 9.97 Å². The summed E-state index contributed by atoms with van der Waals surface area (Å²) in [6.45, 7) is 8.08. The van der Waals surface area contributed by atoms with Gasteiger partial charge in [-0.05, 0) is 45.9 Å². The van der Waals surface area contributed by atoms with Crippen LogP contribution in [0.15, 0.2) is 24.3 Å². The second kappa shape index (κ2) is 6.08. The van der Waals surface area contributed by atoms with Crippen LogP contribution >= 0.6 is 23.2 Å². The first-order valence-electron chi connectivity index (χ1n) is 6.59. The third-order valence-electron chi connectivity index (χ3n) is 2.53. The molecule has 6 heteroatoms. The van der Waals surface area contributed by atoms with Crippen molar-refractivity contribution in [3.05, 3.63) is 40.1 Å². The van der Waals surface area contributed by atoms with Gasteiger partial charge in [0.2, 0.25) is 0 Å². The molecule has 4 nitrogen and oxygen atoms in total. The first kappa shape index (κ1) is 15.9. The molecule has 2 rings (SSSR count). The fourth-order valence-electron chi connectivity index (χ4n) is 1.81. The molecule has 1 aromatic heterocycles. The van der Waals surface area contributed by atoms with Gasteiger partial charge >= 0.3 is 0 Å². The highest BCUT2D eigenvalue weighted by Crippen LogP contribution is 2.28. The Morgan fingerprint density at radius 1 is 1.00 bits per heavy atom. The molecular weight excluding hydrogens is 307 g/mol. The summed E-state index contributed by atoms with van der Waals surface area (Å²) in [7, 11) is 0. The average molecular weight is 325 g/mol. The maximum absolute atomic E-state index is 6.16. The summed E-state index contributed by atoms with van der Waals surface area (Å²) >= 11 is 12.1. The molecule has 21 heavy (non-hydrogen) atoms. The van der Waals surface area contributed by atoms with Crippen LogP contribution in [-0.2, 0) is 0 Å². The summed E-state index contributed by atoms with van der Waals surface area (Å²) in [4.78, 5) is 8.75. The van der Waals surface area contributed by atoms with E-state index in [1.54, 1.807) is 12.1 Å². The lowest BCUT2D eigenvalue weighted by molar-refractivity contribution is 0.629. The van der Waals surface area contributed by atoms with E-state index in [9.17, 15) is 0 Å². The maximum atomic E-state index is 6.16. The molecule has 0 saturated carbocycles. The predicted octanol–water partition coefficient (Wildman–Crippen LogP) is 5.05. The number of hydrogen-bond acceptors (Lipinski definition) is 4. The smallest absolute Gasteiger partial charge is 0.136 e. The fraction of sp³-hybridized carbons (Fsp3) is 0.333. The van der Waals surface area contributed by atoms with Crippen molar-refractivity contribution in [2.45, 2.75) is 33.2 Å². The molecule has 0 atom stereocenters. The molecule has 0 fully saturated rings. The van der Waals surface area contributed by atoms with Gasteiger partial charge in [-0.25, -0.2) is 9.97 Å². The second-order valence-corrected chi connectivity index (χ2v) is 6.65. The van der Waals surface area contributed by atoms with Crippen molar-refractivity contribution in [2.75, 3.05) is 10.6 Å². The highest BCUT2D eigenvalue weighted by molar-refractivity contribution is 6.36. The van der Waals surface area contributed by atoms with Gasteiger partial charge in [0.15, 0.2) is 0 Å². The van der Waals surface area contributed by atoms with E-state index in [0.29, 0.717) is 21.7 Å². The molecule has 2 aromatic rings. The molecule has 0 unspecified atom stereocenters. The molecule has 0 spiro atoms. The van der Waals surface area contributed by atoms with Crippen molar-refractivity contribution in [2.24, 2.45) is 0 Å². The van der Waals surface area contributed by atoms with E-state index in [1.807, 2.05) is 19.1 Å². The van der Waals surface area contributed by atoms with E-state index in [-0.39, 0.29) is 5.54 Å². The predicted molar refractivity (Wildman–Crippen MR) is 89.9 cm³/mol. The van der Waals surface area contributed by atoms with Crippen molar-refractivity contribution in [1.29, 1.82) is 0 Å². The average Bonchev–Trinajstić information content (AvgIpc) is 2.29. The van der Waals surface area contributed by atoms with Crippen LogP contribution in [0.2, 0.25) is 10.0 Å². The Kier molecular flexibility index (Phi) is 4.59. The summed E-state index contributed by atoms with van der Waals surface area (Å²) in [5, 5.41) is 7.65. The first-order chi connectivity index (χ1) is 9.73. The molecule has 0 bridgehead atoms. The van der Waals surface area contributed by atoms with Crippen LogP contribution < -0.4 is 10.6 Å². The number of nitrogens with zero attached hydrogens (tertiary/aromatic N) is 2. The lowest BCUT2D eigenvalue weighted by Crippen LogP contribution is -2.26. The number of anilines is 3. The minimum atomic E-state index is -0.0734. The van der Waals surface area contributed by atoms with Crippen LogP contribution in [0.4, 0.5) is 17.3 Å². The van der Waals surface area contributed by atoms with Crippen LogP contribution in [0.5, 0.6) is 0 Å². The Balaban J connectivity index is 2.27. The molecule has 0 aliphatic rings. The van der Waals surface area contributed by atoms with Gasteiger partial charge in [0, 0.05) is 16.6 Å². The Hall–Kier alpha value is -1.52. The van der Waals surface area contributed by atoms with Crippen molar-refractivity contribution < 1.29 is 0 Å². The molecule has 1 aromatic carbocycles. The Morgan fingerprint density at radius 3 is 2.29 bits per heavy atom. The molecule has 0 radical (unpaired) electrons. The van der Waals surface area contributed by atoms with E-state index >= 15 is 0 Å². The lowest BCUT2D eigenvalue weighted by Gasteiger charge is -2.22. The number of aromatic nitrogens is 2. The standard InChI is InChI=1S/C15H18Cl2N4/c1-9-18-13(8-14(19-9)21-15(2,3)4)20-12-6-5-10(16)7-11(12)17/h5-8H,1-4H3,(H2,18,19,20,21). The number of nitrogens with one attached hydrogen (secondary N) is 2. The van der Waals surface area contributed by atoms with Crippen LogP contribution in [-0.4, -0.2) is 15.5 Å². The quantitative estimate of drug-likeness (QED) is 0.829. The van der Waals surface area contributed by atoms with E-state index in [1.165, 1.54) is 0 Å². The van der Waals surface area contributed by atoms with Crippen molar-refractivity contribution in [3.63, 3.8) is 0 Å². The normalized spacial score (nSPS) is 11.3. The van der Waals surface area contributed by atoms with Crippen LogP contribution in [0.25, 0.3) is 0 Å². The monoisotopic (exact) mass is 324 g/mol. The number of benzene rings is 1. The molecule has 0 aliphatic carbocycles. The largest absolute Gasteiger partial charge is 0.365 e. The summed E-state index contributed by atoms with van der Waals surface area (Å²) in [5.41, 5.74) is 0.677. The van der Waals surface area contributed by atoms with E-state index in [4.69, 9.17) is 23.2 Å². The minimum Gasteiger partial charge on any atom is -0.365 e. The highest BCUT2D eigenvalue weighted by Gasteiger charge is 2.12. The number of rotatable bonds is 3. The Labute approximate surface area is 134 Å². The van der Waals surface area contributed by atoms with E-state index in [2.05, 4.69) is 41.4 Å². The third-order valence-corrected chi connectivity index (χ3v) is 3.08. The maximum Gasteiger partial charge on any atom is 0.136 e. The second-order valence-electron chi connectivity index (χ2n) is 5.81. The highest BCUT2D eigenvalue weighted by atomic mass is 35.5. The van der Waals surface area contributed by atoms with Gasteiger partial charge in [-0.3, -0.25) is 0 Å². The topological polar surface area (TPSA) is 49.8 Å². The van der Waals surface area contributed by atoms with Crippen LogP contribution in [0, 0.1) is 6.92 Å². The fourth-order valence-corrected chi connectivity index (χ4v) is 2.26. The van der Waals surface area contributed by atoms with Crippen LogP contribution in [0.1, 0.15) is 26.6 Å². The van der Waals surface area contributed by atoms with Crippen molar-refractivity contribution in [3.8, 4) is 0 Å². The molecule has 0 saturated heterocycles. The number of hydrogen-bond donors (Lipinski definition) is 2. The summed E-state index contributed by atoms with van der Waals surface area (Å²) in [6, 6.07) is 7.13. The Bertz CT molecular complexity index is 651. The summed E-state index contributed by atoms with van der Waals surface area (Å²) in [6.07, 6.45) is 0. The van der Waals surface area contributed by atoms with Gasteiger partial charge in [0.1, 0.15) is 17.5 Å². The van der Waals surface area contributed by atoms with Gasteiger partial charge < -0.3 is 10.6 Å². The Morgan fingerprint density at radius 2 is 1.67 bits per heavy atom. The third kappa shape index (κ3) is 4.76. The zero-order valence-corrected chi connectivity index (χ0v) is 14.0. The van der Waals surface area contributed by atoms with Gasteiger partial charge in [-0.1, -0.05) is 23.2 Å². The van der Waals surface area contributed by atoms with Gasteiger partial charge in [0.05, 0.1) is 10.7 Å². The molecular formula is C15H18Cl2N4. The first-order valence-corrected chi connectivity index (χ1v) is 7.34. The van der Waals surface area contributed by atoms with E-state index < -0.39 is 0 Å². The summed E-state index contributed by atoms with van der Waals surface area (Å²) < 4.78 is 0. The van der Waals surface area contributed by atoms with Gasteiger partial charge in [0.25, 0.3) is 0 Å². The van der Waals surface area contributed by atoms with Crippen LogP contribution in [0.3, 0.4) is 0 Å². The van der Waals surface area contributed by atoms with Gasteiger partial charge in [-0.2, -0.15) is 0 Å². The minimum absolute atomic E-state index is 0.0734. The van der Waals surface area contributed by atoms with Crippen molar-refractivity contribution >= 4 is 40.5 Å².